The van der Waals surface area contributed by atoms with Crippen molar-refractivity contribution in [3.63, 3.8) is 0 Å². The van der Waals surface area contributed by atoms with Crippen molar-refractivity contribution in [1.29, 1.82) is 0 Å². The number of ether oxygens (including phenoxy) is 2. The van der Waals surface area contributed by atoms with E-state index in [-0.39, 0.29) is 19.2 Å². The molecule has 2 aliphatic rings. The van der Waals surface area contributed by atoms with Crippen molar-refractivity contribution >= 4 is 52.7 Å². The maximum atomic E-state index is 15.0. The first-order valence-electron chi connectivity index (χ1n) is 11.1. The quantitative estimate of drug-likeness (QED) is 0.555. The van der Waals surface area contributed by atoms with Gasteiger partial charge in [-0.15, -0.1) is 0 Å². The highest BCUT2D eigenvalue weighted by Gasteiger charge is 2.34. The van der Waals surface area contributed by atoms with Crippen LogP contribution in [-0.2, 0) is 14.3 Å². The fourth-order valence-corrected chi connectivity index (χ4v) is 3.71. The molecule has 2 heterocycles. The van der Waals surface area contributed by atoms with Crippen LogP contribution in [0.15, 0.2) is 18.2 Å². The number of halogens is 3. The maximum absolute atomic E-state index is 15.0. The topological polar surface area (TPSA) is 91.4 Å². The summed E-state index contributed by atoms with van der Waals surface area (Å²) in [7, 11) is 0. The molecular weight excluding hydrogens is 490 g/mol. The Labute approximate surface area is 208 Å². The van der Waals surface area contributed by atoms with E-state index in [2.05, 4.69) is 5.32 Å². The molecule has 1 aromatic carbocycles. The Hall–Kier alpha value is -2.46. The number of hydrogen-bond acceptors (Lipinski definition) is 6. The van der Waals surface area contributed by atoms with Gasteiger partial charge in [-0.3, -0.25) is 9.69 Å². The molecule has 1 aromatic rings. The number of nitrogens with one attached hydrogen (secondary N) is 1. The van der Waals surface area contributed by atoms with E-state index >= 15 is 0 Å². The van der Waals surface area contributed by atoms with Gasteiger partial charge in [0.15, 0.2) is 4.84 Å². The van der Waals surface area contributed by atoms with Gasteiger partial charge in [0.25, 0.3) is 5.91 Å². The van der Waals surface area contributed by atoms with Crippen LogP contribution >= 0.6 is 23.2 Å². The minimum absolute atomic E-state index is 0.0414. The fraction of sp³-hybridized carbons (Fsp3) is 0.591. The van der Waals surface area contributed by atoms with Crippen molar-refractivity contribution < 1.29 is 28.2 Å². The molecule has 3 amide bonds. The summed E-state index contributed by atoms with van der Waals surface area (Å²) in [5.41, 5.74) is 0.197. The zero-order valence-corrected chi connectivity index (χ0v) is 20.9. The first-order valence-corrected chi connectivity index (χ1v) is 11.9. The molecule has 1 N–H and O–H groups in total. The third-order valence-electron chi connectivity index (χ3n) is 5.91. The van der Waals surface area contributed by atoms with E-state index < -0.39 is 34.4 Å². The van der Waals surface area contributed by atoms with Crippen LogP contribution in [0.4, 0.5) is 25.4 Å². The molecule has 2 saturated heterocycles. The van der Waals surface area contributed by atoms with Crippen molar-refractivity contribution in [2.45, 2.75) is 43.7 Å². The van der Waals surface area contributed by atoms with E-state index in [4.69, 9.17) is 32.7 Å². The van der Waals surface area contributed by atoms with Gasteiger partial charge in [-0.05, 0) is 38.5 Å². The van der Waals surface area contributed by atoms with E-state index in [1.165, 1.54) is 11.0 Å². The van der Waals surface area contributed by atoms with Crippen molar-refractivity contribution in [3.8, 4) is 0 Å². The minimum atomic E-state index is -1.22. The molecule has 0 bridgehead atoms. The number of amides is 3. The number of carbonyl (C=O) groups excluding carboxylic acids is 3. The van der Waals surface area contributed by atoms with Crippen LogP contribution in [0.1, 0.15) is 27.2 Å². The largest absolute Gasteiger partial charge is 0.443 e. The predicted molar refractivity (Wildman–Crippen MR) is 127 cm³/mol. The van der Waals surface area contributed by atoms with Crippen LogP contribution in [0.3, 0.4) is 0 Å². The zero-order valence-electron chi connectivity index (χ0n) is 19.4. The number of piperazine rings is 1. The smallest absolute Gasteiger partial charge is 0.414 e. The summed E-state index contributed by atoms with van der Waals surface area (Å²) in [6, 6.07) is 4.51. The Balaban J connectivity index is 1.57. The molecule has 9 nitrogen and oxygen atoms in total. The number of alkyl halides is 2. The number of benzene rings is 1. The normalized spacial score (nSPS) is 18.9. The molecule has 1 atom stereocenters. The molecular formula is C22H29Cl2FN4O5. The van der Waals surface area contributed by atoms with Crippen molar-refractivity contribution in [2.24, 2.45) is 0 Å². The van der Waals surface area contributed by atoms with Gasteiger partial charge < -0.3 is 24.6 Å². The highest BCUT2D eigenvalue weighted by molar-refractivity contribution is 6.53. The fourth-order valence-electron chi connectivity index (χ4n) is 3.55. The highest BCUT2D eigenvalue weighted by atomic mass is 35.5. The van der Waals surface area contributed by atoms with Crippen LogP contribution in [0.5, 0.6) is 0 Å². The second-order valence-electron chi connectivity index (χ2n) is 8.75. The Morgan fingerprint density at radius 3 is 2.53 bits per heavy atom. The summed E-state index contributed by atoms with van der Waals surface area (Å²) in [5.74, 6) is -1.08. The summed E-state index contributed by atoms with van der Waals surface area (Å²) in [5, 5.41) is 2.48. The van der Waals surface area contributed by atoms with Crippen LogP contribution in [0.2, 0.25) is 0 Å². The lowest BCUT2D eigenvalue weighted by molar-refractivity contribution is -0.119. The van der Waals surface area contributed by atoms with E-state index in [1.54, 1.807) is 17.0 Å². The minimum Gasteiger partial charge on any atom is -0.443 e. The number of hydrogen-bond donors (Lipinski definition) is 1. The van der Waals surface area contributed by atoms with E-state index in [0.717, 1.165) is 0 Å². The molecule has 1 unspecified atom stereocenters. The summed E-state index contributed by atoms with van der Waals surface area (Å²) in [6.45, 7) is 7.59. The summed E-state index contributed by atoms with van der Waals surface area (Å²) >= 11 is 11.0. The predicted octanol–water partition coefficient (Wildman–Crippen LogP) is 3.52. The number of anilines is 2. The molecule has 12 heteroatoms. The van der Waals surface area contributed by atoms with E-state index in [0.29, 0.717) is 44.0 Å². The Morgan fingerprint density at radius 1 is 1.26 bits per heavy atom. The lowest BCUT2D eigenvalue weighted by atomic mass is 10.1. The van der Waals surface area contributed by atoms with Gasteiger partial charge in [0, 0.05) is 26.2 Å². The van der Waals surface area contributed by atoms with Gasteiger partial charge in [-0.25, -0.2) is 14.0 Å². The average Bonchev–Trinajstić information content (AvgIpc) is 3.17. The van der Waals surface area contributed by atoms with Crippen molar-refractivity contribution in [2.75, 3.05) is 49.1 Å². The molecule has 3 rings (SSSR count). The summed E-state index contributed by atoms with van der Waals surface area (Å²) in [4.78, 5) is 39.7. The molecule has 0 aromatic heterocycles. The van der Waals surface area contributed by atoms with Gasteiger partial charge in [-0.2, -0.15) is 0 Å². The summed E-state index contributed by atoms with van der Waals surface area (Å²) < 4.78 is 25.7. The molecule has 0 radical (unpaired) electrons. The Morgan fingerprint density at radius 2 is 1.94 bits per heavy atom. The average molecular weight is 519 g/mol. The third-order valence-corrected chi connectivity index (χ3v) is 6.31. The standard InChI is InChI=1S/C22H29Cl2FN4O5/c1-4-22(2,3)34-20(31)28-9-7-27(8-10-28)17-6-5-14(11-16(17)25)29-13-15(33-21(29)32)12-26-19(30)18(23)24/h5-6,11,15,18H,4,7-10,12-13H2,1-3H3,(H,26,30). The number of nitrogens with zero attached hydrogens (tertiary/aromatic N) is 3. The Bertz CT molecular complexity index is 925. The first-order chi connectivity index (χ1) is 16.0. The van der Waals surface area contributed by atoms with Crippen molar-refractivity contribution in [3.05, 3.63) is 24.0 Å². The molecule has 0 saturated carbocycles. The number of cyclic esters (lactones) is 1. The molecule has 0 aliphatic carbocycles. The first kappa shape index (κ1) is 26.2. The lowest BCUT2D eigenvalue weighted by Crippen LogP contribution is -2.50. The molecule has 2 fully saturated rings. The van der Waals surface area contributed by atoms with Gasteiger partial charge in [0.2, 0.25) is 0 Å². The van der Waals surface area contributed by atoms with Gasteiger partial charge in [0.1, 0.15) is 17.5 Å². The third kappa shape index (κ3) is 6.35. The summed E-state index contributed by atoms with van der Waals surface area (Å²) in [6.07, 6.45) is -0.913. The van der Waals surface area contributed by atoms with Gasteiger partial charge in [0.05, 0.1) is 24.5 Å². The Kier molecular flexibility index (Phi) is 8.35. The van der Waals surface area contributed by atoms with Gasteiger partial charge >= 0.3 is 12.2 Å². The molecule has 188 valence electrons. The molecule has 0 spiro atoms. The lowest BCUT2D eigenvalue weighted by Gasteiger charge is -2.37. The van der Waals surface area contributed by atoms with Crippen LogP contribution in [0, 0.1) is 5.82 Å². The highest BCUT2D eigenvalue weighted by Crippen LogP contribution is 2.29. The van der Waals surface area contributed by atoms with E-state index in [9.17, 15) is 18.8 Å². The number of carbonyl (C=O) groups is 3. The second-order valence-corrected chi connectivity index (χ2v) is 9.85. The molecule has 34 heavy (non-hydrogen) atoms. The maximum Gasteiger partial charge on any atom is 0.414 e. The van der Waals surface area contributed by atoms with Crippen LogP contribution in [-0.4, -0.2) is 78.8 Å². The second kappa shape index (κ2) is 10.9. The number of rotatable bonds is 7. The zero-order chi connectivity index (χ0) is 25.0. The van der Waals surface area contributed by atoms with Crippen LogP contribution in [0.25, 0.3) is 0 Å². The van der Waals surface area contributed by atoms with Gasteiger partial charge in [-0.1, -0.05) is 30.1 Å². The van der Waals surface area contributed by atoms with Crippen molar-refractivity contribution in [1.82, 2.24) is 10.2 Å². The molecule has 2 aliphatic heterocycles. The van der Waals surface area contributed by atoms with Crippen LogP contribution < -0.4 is 15.1 Å². The SMILES string of the molecule is CCC(C)(C)OC(=O)N1CCN(c2ccc(N3CC(CNC(=O)C(Cl)Cl)OC3=O)cc2F)CC1. The van der Waals surface area contributed by atoms with E-state index in [1.807, 2.05) is 25.7 Å². The monoisotopic (exact) mass is 518 g/mol.